The summed E-state index contributed by atoms with van der Waals surface area (Å²) in [6.07, 6.45) is 3.25. The summed E-state index contributed by atoms with van der Waals surface area (Å²) in [5.74, 6) is 0. The Morgan fingerprint density at radius 3 is 2.38 bits per heavy atom. The molecule has 0 aliphatic heterocycles. The van der Waals surface area contributed by atoms with Crippen LogP contribution in [-0.4, -0.2) is 6.04 Å². The summed E-state index contributed by atoms with van der Waals surface area (Å²) in [5.41, 5.74) is 6.84. The summed E-state index contributed by atoms with van der Waals surface area (Å²) >= 11 is 0. The Kier molecular flexibility index (Phi) is 3.53. The van der Waals surface area contributed by atoms with Gasteiger partial charge >= 0.3 is 0 Å². The third-order valence-corrected chi connectivity index (χ3v) is 1.24. The van der Waals surface area contributed by atoms with Crippen molar-refractivity contribution in [1.82, 2.24) is 0 Å². The molecule has 0 aliphatic carbocycles. The average molecular weight is 113 g/mol. The summed E-state index contributed by atoms with van der Waals surface area (Å²) in [6.45, 7) is 6.18. The molecule has 0 aromatic carbocycles. The van der Waals surface area contributed by atoms with Crippen LogP contribution in [0.1, 0.15) is 27.2 Å². The lowest BCUT2D eigenvalue weighted by Crippen LogP contribution is -2.15. The SMILES string of the molecule is CC/C=C(\C)C(C)N. The van der Waals surface area contributed by atoms with E-state index in [0.29, 0.717) is 0 Å². The lowest BCUT2D eigenvalue weighted by molar-refractivity contribution is 0.852. The monoisotopic (exact) mass is 113 g/mol. The van der Waals surface area contributed by atoms with Crippen LogP contribution < -0.4 is 5.73 Å². The summed E-state index contributed by atoms with van der Waals surface area (Å²) in [4.78, 5) is 0. The quantitative estimate of drug-likeness (QED) is 0.542. The maximum absolute atomic E-state index is 5.55. The summed E-state index contributed by atoms with van der Waals surface area (Å²) in [7, 11) is 0. The Bertz CT molecular complexity index is 82.4. The number of nitrogens with two attached hydrogens (primary N) is 1. The molecule has 0 rings (SSSR count). The van der Waals surface area contributed by atoms with Gasteiger partial charge in [0.1, 0.15) is 0 Å². The lowest BCUT2D eigenvalue weighted by Gasteiger charge is -2.02. The van der Waals surface area contributed by atoms with E-state index in [0.717, 1.165) is 6.42 Å². The third kappa shape index (κ3) is 2.80. The largest absolute Gasteiger partial charge is 0.324 e. The minimum absolute atomic E-state index is 0.231. The molecule has 1 nitrogen and oxygen atoms in total. The fraction of sp³-hybridized carbons (Fsp3) is 0.714. The minimum atomic E-state index is 0.231. The highest BCUT2D eigenvalue weighted by atomic mass is 14.6. The number of rotatable bonds is 2. The van der Waals surface area contributed by atoms with Crippen molar-refractivity contribution in [3.05, 3.63) is 11.6 Å². The highest BCUT2D eigenvalue weighted by Crippen LogP contribution is 1.97. The van der Waals surface area contributed by atoms with Gasteiger partial charge in [-0.3, -0.25) is 0 Å². The van der Waals surface area contributed by atoms with E-state index in [1.165, 1.54) is 5.57 Å². The highest BCUT2D eigenvalue weighted by molar-refractivity contribution is 5.03. The molecule has 0 saturated heterocycles. The van der Waals surface area contributed by atoms with Crippen molar-refractivity contribution in [3.63, 3.8) is 0 Å². The van der Waals surface area contributed by atoms with Gasteiger partial charge in [0.25, 0.3) is 0 Å². The number of allylic oxidation sites excluding steroid dienone is 1. The van der Waals surface area contributed by atoms with E-state index in [1.807, 2.05) is 6.92 Å². The number of hydrogen-bond donors (Lipinski definition) is 1. The summed E-state index contributed by atoms with van der Waals surface area (Å²) in [6, 6.07) is 0.231. The van der Waals surface area contributed by atoms with Gasteiger partial charge < -0.3 is 5.73 Å². The molecule has 0 spiro atoms. The van der Waals surface area contributed by atoms with Crippen LogP contribution in [0.5, 0.6) is 0 Å². The van der Waals surface area contributed by atoms with Crippen LogP contribution in [0.25, 0.3) is 0 Å². The first-order valence-corrected chi connectivity index (χ1v) is 3.10. The normalized spacial score (nSPS) is 16.2. The summed E-state index contributed by atoms with van der Waals surface area (Å²) in [5, 5.41) is 0. The Balaban J connectivity index is 3.61. The molecule has 8 heavy (non-hydrogen) atoms. The second-order valence-electron chi connectivity index (χ2n) is 2.15. The van der Waals surface area contributed by atoms with Crippen LogP contribution in [0.2, 0.25) is 0 Å². The van der Waals surface area contributed by atoms with Gasteiger partial charge in [-0.2, -0.15) is 0 Å². The van der Waals surface area contributed by atoms with Gasteiger partial charge in [-0.05, 0) is 20.3 Å². The van der Waals surface area contributed by atoms with Crippen LogP contribution in [-0.2, 0) is 0 Å². The van der Waals surface area contributed by atoms with Gasteiger partial charge in [0.2, 0.25) is 0 Å². The molecule has 2 N–H and O–H groups in total. The Hall–Kier alpha value is -0.300. The zero-order valence-corrected chi connectivity index (χ0v) is 5.94. The fourth-order valence-electron chi connectivity index (χ4n) is 0.508. The molecule has 1 atom stereocenters. The maximum Gasteiger partial charge on any atom is 0.0222 e. The second kappa shape index (κ2) is 3.67. The second-order valence-corrected chi connectivity index (χ2v) is 2.15. The first-order valence-electron chi connectivity index (χ1n) is 3.10. The first kappa shape index (κ1) is 7.70. The van der Waals surface area contributed by atoms with Crippen molar-refractivity contribution < 1.29 is 0 Å². The van der Waals surface area contributed by atoms with E-state index < -0.39 is 0 Å². The van der Waals surface area contributed by atoms with Crippen LogP contribution in [0, 0.1) is 0 Å². The fourth-order valence-corrected chi connectivity index (χ4v) is 0.508. The molecule has 0 aromatic rings. The van der Waals surface area contributed by atoms with E-state index in [9.17, 15) is 0 Å². The predicted octanol–water partition coefficient (Wildman–Crippen LogP) is 1.69. The maximum atomic E-state index is 5.55. The standard InChI is InChI=1S/C7H15N/c1-4-5-6(2)7(3)8/h5,7H,4,8H2,1-3H3/b6-5+. The average Bonchev–Trinajstić information content (AvgIpc) is 1.67. The molecule has 0 aromatic heterocycles. The van der Waals surface area contributed by atoms with Crippen molar-refractivity contribution in [2.24, 2.45) is 5.73 Å². The van der Waals surface area contributed by atoms with Crippen LogP contribution in [0.15, 0.2) is 11.6 Å². The predicted molar refractivity (Wildman–Crippen MR) is 37.7 cm³/mol. The van der Waals surface area contributed by atoms with E-state index in [1.54, 1.807) is 0 Å². The van der Waals surface area contributed by atoms with Crippen LogP contribution in [0.4, 0.5) is 0 Å². The number of hydrogen-bond acceptors (Lipinski definition) is 1. The van der Waals surface area contributed by atoms with E-state index in [4.69, 9.17) is 5.73 Å². The van der Waals surface area contributed by atoms with Gasteiger partial charge in [-0.1, -0.05) is 18.6 Å². The lowest BCUT2D eigenvalue weighted by atomic mass is 10.1. The van der Waals surface area contributed by atoms with Gasteiger partial charge in [0, 0.05) is 6.04 Å². The van der Waals surface area contributed by atoms with Crippen LogP contribution in [0.3, 0.4) is 0 Å². The van der Waals surface area contributed by atoms with Gasteiger partial charge in [0.05, 0.1) is 0 Å². The molecule has 0 amide bonds. The zero-order chi connectivity index (χ0) is 6.57. The molecule has 48 valence electrons. The van der Waals surface area contributed by atoms with Gasteiger partial charge in [-0.25, -0.2) is 0 Å². The van der Waals surface area contributed by atoms with E-state index in [2.05, 4.69) is 19.9 Å². The Morgan fingerprint density at radius 2 is 2.25 bits per heavy atom. The molecule has 0 fully saturated rings. The van der Waals surface area contributed by atoms with Crippen molar-refractivity contribution in [3.8, 4) is 0 Å². The van der Waals surface area contributed by atoms with Gasteiger partial charge in [-0.15, -0.1) is 0 Å². The van der Waals surface area contributed by atoms with Crippen molar-refractivity contribution in [2.75, 3.05) is 0 Å². The van der Waals surface area contributed by atoms with E-state index in [-0.39, 0.29) is 6.04 Å². The third-order valence-electron chi connectivity index (χ3n) is 1.24. The van der Waals surface area contributed by atoms with Gasteiger partial charge in [0.15, 0.2) is 0 Å². The van der Waals surface area contributed by atoms with E-state index >= 15 is 0 Å². The molecule has 0 bridgehead atoms. The molecule has 1 unspecified atom stereocenters. The van der Waals surface area contributed by atoms with Crippen molar-refractivity contribution in [2.45, 2.75) is 33.2 Å². The molecule has 0 aliphatic rings. The zero-order valence-electron chi connectivity index (χ0n) is 5.94. The summed E-state index contributed by atoms with van der Waals surface area (Å²) < 4.78 is 0. The first-order chi connectivity index (χ1) is 3.68. The smallest absolute Gasteiger partial charge is 0.0222 e. The Morgan fingerprint density at radius 1 is 1.75 bits per heavy atom. The Labute approximate surface area is 51.6 Å². The molecular formula is C7H15N. The molecule has 0 radical (unpaired) electrons. The molecule has 0 heterocycles. The minimum Gasteiger partial charge on any atom is -0.324 e. The molecule has 1 heteroatoms. The topological polar surface area (TPSA) is 26.0 Å². The highest BCUT2D eigenvalue weighted by Gasteiger charge is 1.91. The van der Waals surface area contributed by atoms with Crippen molar-refractivity contribution >= 4 is 0 Å². The van der Waals surface area contributed by atoms with Crippen molar-refractivity contribution in [1.29, 1.82) is 0 Å². The molecule has 0 saturated carbocycles. The van der Waals surface area contributed by atoms with Crippen LogP contribution >= 0.6 is 0 Å². The molecular weight excluding hydrogens is 98.1 g/mol.